The summed E-state index contributed by atoms with van der Waals surface area (Å²) in [4.78, 5) is 36.1. The second kappa shape index (κ2) is 8.09. The van der Waals surface area contributed by atoms with E-state index in [1.165, 1.54) is 4.90 Å². The molecule has 0 aliphatic rings. The molecule has 2 amide bonds. The van der Waals surface area contributed by atoms with Gasteiger partial charge in [-0.2, -0.15) is 0 Å². The quantitative estimate of drug-likeness (QED) is 0.762. The number of Topliss-reactive ketones (excluding diaryl/α,β-unsaturated/α-hetero) is 1. The highest BCUT2D eigenvalue weighted by Gasteiger charge is 2.09. The van der Waals surface area contributed by atoms with Crippen molar-refractivity contribution >= 4 is 17.6 Å². The molecule has 0 aliphatic heterocycles. The third-order valence-electron chi connectivity index (χ3n) is 2.83. The molecule has 0 bridgehead atoms. The third-order valence-corrected chi connectivity index (χ3v) is 2.83. The minimum Gasteiger partial charge on any atom is -0.356 e. The van der Waals surface area contributed by atoms with Crippen LogP contribution in [-0.4, -0.2) is 43.1 Å². The molecular weight excluding hydrogens is 256 g/mol. The van der Waals surface area contributed by atoms with Crippen LogP contribution >= 0.6 is 0 Å². The fourth-order valence-electron chi connectivity index (χ4n) is 1.62. The average molecular weight is 276 g/mol. The number of amides is 2. The molecule has 0 heterocycles. The van der Waals surface area contributed by atoms with Gasteiger partial charge in [0.1, 0.15) is 0 Å². The number of rotatable bonds is 7. The smallest absolute Gasteiger partial charge is 0.223 e. The predicted molar refractivity (Wildman–Crippen MR) is 76.3 cm³/mol. The van der Waals surface area contributed by atoms with Crippen molar-refractivity contribution in [1.29, 1.82) is 0 Å². The Balaban J connectivity index is 2.24. The summed E-state index contributed by atoms with van der Waals surface area (Å²) < 4.78 is 0. The Morgan fingerprint density at radius 2 is 1.65 bits per heavy atom. The van der Waals surface area contributed by atoms with Gasteiger partial charge in [-0.05, 0) is 0 Å². The third kappa shape index (κ3) is 5.65. The number of nitrogens with one attached hydrogen (secondary N) is 1. The summed E-state index contributed by atoms with van der Waals surface area (Å²) in [5, 5.41) is 2.64. The van der Waals surface area contributed by atoms with E-state index in [0.29, 0.717) is 12.1 Å². The van der Waals surface area contributed by atoms with Crippen molar-refractivity contribution in [2.24, 2.45) is 0 Å². The number of carbonyl (C=O) groups is 3. The van der Waals surface area contributed by atoms with Gasteiger partial charge in [-0.1, -0.05) is 30.3 Å². The number of carbonyl (C=O) groups excluding carboxylic acids is 3. The Bertz CT molecular complexity index is 469. The normalized spacial score (nSPS) is 9.90. The van der Waals surface area contributed by atoms with Crippen LogP contribution in [0.25, 0.3) is 0 Å². The maximum atomic E-state index is 11.8. The molecule has 0 spiro atoms. The first kappa shape index (κ1) is 15.9. The van der Waals surface area contributed by atoms with Gasteiger partial charge >= 0.3 is 0 Å². The monoisotopic (exact) mass is 276 g/mol. The summed E-state index contributed by atoms with van der Waals surface area (Å²) >= 11 is 0. The summed E-state index contributed by atoms with van der Waals surface area (Å²) in [6.45, 7) is 0.301. The average Bonchev–Trinajstić information content (AvgIpc) is 2.45. The second-order valence-electron chi connectivity index (χ2n) is 4.68. The van der Waals surface area contributed by atoms with Crippen LogP contribution in [0.5, 0.6) is 0 Å². The Kier molecular flexibility index (Phi) is 6.43. The van der Waals surface area contributed by atoms with Crippen molar-refractivity contribution in [2.75, 3.05) is 20.6 Å². The van der Waals surface area contributed by atoms with E-state index >= 15 is 0 Å². The minimum absolute atomic E-state index is 0.0364. The van der Waals surface area contributed by atoms with E-state index in [2.05, 4.69) is 5.32 Å². The highest BCUT2D eigenvalue weighted by atomic mass is 16.2. The van der Waals surface area contributed by atoms with E-state index in [1.54, 1.807) is 38.4 Å². The molecule has 108 valence electrons. The molecule has 0 fully saturated rings. The van der Waals surface area contributed by atoms with Crippen molar-refractivity contribution in [3.8, 4) is 0 Å². The molecule has 5 nitrogen and oxygen atoms in total. The van der Waals surface area contributed by atoms with Crippen LogP contribution in [-0.2, 0) is 9.59 Å². The summed E-state index contributed by atoms with van der Waals surface area (Å²) in [5.41, 5.74) is 0.614. The van der Waals surface area contributed by atoms with E-state index in [0.717, 1.165) is 0 Å². The summed E-state index contributed by atoms with van der Waals surface area (Å²) in [7, 11) is 3.34. The Hall–Kier alpha value is -2.17. The zero-order chi connectivity index (χ0) is 15.0. The van der Waals surface area contributed by atoms with Gasteiger partial charge in [0.05, 0.1) is 0 Å². The fourth-order valence-corrected chi connectivity index (χ4v) is 1.62. The lowest BCUT2D eigenvalue weighted by Crippen LogP contribution is -2.30. The molecule has 1 rings (SSSR count). The first-order valence-electron chi connectivity index (χ1n) is 6.56. The predicted octanol–water partition coefficient (Wildman–Crippen LogP) is 1.24. The van der Waals surface area contributed by atoms with E-state index in [9.17, 15) is 14.4 Å². The first-order valence-corrected chi connectivity index (χ1v) is 6.56. The van der Waals surface area contributed by atoms with Crippen molar-refractivity contribution in [3.05, 3.63) is 35.9 Å². The lowest BCUT2D eigenvalue weighted by Gasteiger charge is -2.10. The Labute approximate surface area is 119 Å². The van der Waals surface area contributed by atoms with Gasteiger partial charge in [-0.3, -0.25) is 14.4 Å². The van der Waals surface area contributed by atoms with Crippen molar-refractivity contribution < 1.29 is 14.4 Å². The van der Waals surface area contributed by atoms with Gasteiger partial charge in [-0.25, -0.2) is 0 Å². The van der Waals surface area contributed by atoms with E-state index in [4.69, 9.17) is 0 Å². The molecule has 0 aliphatic carbocycles. The summed E-state index contributed by atoms with van der Waals surface area (Å²) in [6.07, 6.45) is 0.590. The second-order valence-corrected chi connectivity index (χ2v) is 4.68. The number of hydrogen-bond acceptors (Lipinski definition) is 3. The SMILES string of the molecule is CN(C)C(=O)CCNC(=O)CCC(=O)c1ccccc1. The van der Waals surface area contributed by atoms with Crippen LogP contribution in [0.1, 0.15) is 29.6 Å². The largest absolute Gasteiger partial charge is 0.356 e. The Morgan fingerprint density at radius 3 is 2.25 bits per heavy atom. The van der Waals surface area contributed by atoms with Crippen molar-refractivity contribution in [1.82, 2.24) is 10.2 Å². The zero-order valence-corrected chi connectivity index (χ0v) is 11.9. The van der Waals surface area contributed by atoms with Crippen LogP contribution < -0.4 is 5.32 Å². The maximum Gasteiger partial charge on any atom is 0.223 e. The minimum atomic E-state index is -0.208. The van der Waals surface area contributed by atoms with E-state index < -0.39 is 0 Å². The molecule has 0 saturated carbocycles. The molecule has 1 aromatic rings. The van der Waals surface area contributed by atoms with Gasteiger partial charge < -0.3 is 10.2 Å². The van der Waals surface area contributed by atoms with Crippen LogP contribution in [0, 0.1) is 0 Å². The number of ketones is 1. The Morgan fingerprint density at radius 1 is 1.00 bits per heavy atom. The highest BCUT2D eigenvalue weighted by molar-refractivity contribution is 5.97. The molecule has 1 aromatic carbocycles. The van der Waals surface area contributed by atoms with Crippen LogP contribution in [0.15, 0.2) is 30.3 Å². The van der Waals surface area contributed by atoms with Gasteiger partial charge in [0, 0.05) is 45.5 Å². The molecule has 20 heavy (non-hydrogen) atoms. The van der Waals surface area contributed by atoms with Crippen molar-refractivity contribution in [2.45, 2.75) is 19.3 Å². The van der Waals surface area contributed by atoms with Crippen LogP contribution in [0.4, 0.5) is 0 Å². The molecule has 0 unspecified atom stereocenters. The fraction of sp³-hybridized carbons (Fsp3) is 0.400. The number of nitrogens with zero attached hydrogens (tertiary/aromatic N) is 1. The van der Waals surface area contributed by atoms with Crippen LogP contribution in [0.3, 0.4) is 0 Å². The maximum absolute atomic E-state index is 11.8. The van der Waals surface area contributed by atoms with Crippen LogP contribution in [0.2, 0.25) is 0 Å². The van der Waals surface area contributed by atoms with Gasteiger partial charge in [0.25, 0.3) is 0 Å². The molecular formula is C15H20N2O3. The molecule has 0 saturated heterocycles. The summed E-state index contributed by atoms with van der Waals surface area (Å²) in [5.74, 6) is -0.295. The number of benzene rings is 1. The lowest BCUT2D eigenvalue weighted by molar-refractivity contribution is -0.128. The van der Waals surface area contributed by atoms with Gasteiger partial charge in [0.15, 0.2) is 5.78 Å². The topological polar surface area (TPSA) is 66.5 Å². The lowest BCUT2D eigenvalue weighted by atomic mass is 10.1. The van der Waals surface area contributed by atoms with Gasteiger partial charge in [-0.15, -0.1) is 0 Å². The summed E-state index contributed by atoms with van der Waals surface area (Å²) in [6, 6.07) is 8.89. The van der Waals surface area contributed by atoms with Crippen molar-refractivity contribution in [3.63, 3.8) is 0 Å². The first-order chi connectivity index (χ1) is 9.50. The molecule has 5 heteroatoms. The zero-order valence-electron chi connectivity index (χ0n) is 11.9. The molecule has 0 radical (unpaired) electrons. The molecule has 1 N–H and O–H groups in total. The number of hydrogen-bond donors (Lipinski definition) is 1. The van der Waals surface area contributed by atoms with E-state index in [1.807, 2.05) is 6.07 Å². The highest BCUT2D eigenvalue weighted by Crippen LogP contribution is 2.04. The standard InChI is InChI=1S/C15H20N2O3/c1-17(2)15(20)10-11-16-14(19)9-8-13(18)12-6-4-3-5-7-12/h3-7H,8-11H2,1-2H3,(H,16,19). The van der Waals surface area contributed by atoms with E-state index in [-0.39, 0.29) is 36.9 Å². The molecule has 0 aromatic heterocycles. The van der Waals surface area contributed by atoms with Gasteiger partial charge in [0.2, 0.25) is 11.8 Å². The molecule has 0 atom stereocenters.